The van der Waals surface area contributed by atoms with E-state index < -0.39 is 8.32 Å². The molecule has 0 aromatic heterocycles. The maximum absolute atomic E-state index is 11.6. The molecule has 29 heavy (non-hydrogen) atoms. The third kappa shape index (κ3) is 8.38. The van der Waals surface area contributed by atoms with E-state index in [1.54, 1.807) is 0 Å². The molecule has 1 aliphatic carbocycles. The summed E-state index contributed by atoms with van der Waals surface area (Å²) in [5, 5.41) is 0.153. The highest BCUT2D eigenvalue weighted by atomic mass is 28.4. The van der Waals surface area contributed by atoms with Gasteiger partial charge in [0, 0.05) is 44.2 Å². The van der Waals surface area contributed by atoms with Gasteiger partial charge in [0.25, 0.3) is 0 Å². The summed E-state index contributed by atoms with van der Waals surface area (Å²) in [7, 11) is -0.433. The summed E-state index contributed by atoms with van der Waals surface area (Å²) in [4.78, 5) is 22.8. The number of hydrogen-bond acceptors (Lipinski definition) is 6. The van der Waals surface area contributed by atoms with Gasteiger partial charge in [0.1, 0.15) is 6.10 Å². The van der Waals surface area contributed by atoms with Crippen LogP contribution in [0.1, 0.15) is 72.6 Å². The highest BCUT2D eigenvalue weighted by Crippen LogP contribution is 2.41. The largest absolute Gasteiger partial charge is 0.469 e. The molecule has 170 valence electrons. The smallest absolute Gasteiger partial charge is 0.305 e. The number of carbonyl (C=O) groups is 2. The van der Waals surface area contributed by atoms with Crippen LogP contribution in [0.15, 0.2) is 0 Å². The van der Waals surface area contributed by atoms with Crippen LogP contribution in [0.5, 0.6) is 0 Å². The van der Waals surface area contributed by atoms with E-state index in [9.17, 15) is 9.59 Å². The summed E-state index contributed by atoms with van der Waals surface area (Å²) in [6.07, 6.45) is 5.96. The van der Waals surface area contributed by atoms with E-state index >= 15 is 0 Å². The number of nitrogens with two attached hydrogens (primary N) is 1. The average molecular weight is 430 g/mol. The van der Waals surface area contributed by atoms with Crippen molar-refractivity contribution in [2.24, 2.45) is 17.6 Å². The molecule has 1 unspecified atom stereocenters. The van der Waals surface area contributed by atoms with Crippen LogP contribution in [-0.4, -0.2) is 46.1 Å². The van der Waals surface area contributed by atoms with E-state index in [4.69, 9.17) is 14.9 Å². The zero-order valence-corrected chi connectivity index (χ0v) is 20.6. The van der Waals surface area contributed by atoms with Crippen molar-refractivity contribution in [2.45, 2.75) is 103 Å². The molecule has 0 amide bonds. The third-order valence-corrected chi connectivity index (χ3v) is 11.2. The number of methoxy groups -OCH3 is 1. The van der Waals surface area contributed by atoms with Gasteiger partial charge < -0.3 is 19.6 Å². The molecule has 0 spiro atoms. The molecule has 0 aliphatic heterocycles. The summed E-state index contributed by atoms with van der Waals surface area (Å²) in [6, 6.07) is -0.00607. The topological polar surface area (TPSA) is 87.9 Å². The zero-order valence-electron chi connectivity index (χ0n) is 19.6. The molecule has 0 radical (unpaired) electrons. The second-order valence-electron chi connectivity index (χ2n) is 9.98. The minimum atomic E-state index is -1.86. The van der Waals surface area contributed by atoms with E-state index in [1.165, 1.54) is 14.0 Å². The Morgan fingerprint density at radius 1 is 1.07 bits per heavy atom. The molecule has 0 saturated heterocycles. The van der Waals surface area contributed by atoms with Crippen molar-refractivity contribution < 1.29 is 23.5 Å². The predicted octanol–water partition coefficient (Wildman–Crippen LogP) is 4.42. The van der Waals surface area contributed by atoms with Gasteiger partial charge in [-0.05, 0) is 31.0 Å². The SMILES string of the molecule is COC(=O)CCCCCC[C@H]1[C@@H](OC(C)=O)CC(N)[C@@H]1CO[Si](C)(C)C(C)(C)C. The minimum absolute atomic E-state index is 0.00607. The van der Waals surface area contributed by atoms with Crippen LogP contribution in [0.3, 0.4) is 0 Å². The first-order valence-corrected chi connectivity index (χ1v) is 13.9. The van der Waals surface area contributed by atoms with Crippen LogP contribution >= 0.6 is 0 Å². The molecule has 6 nitrogen and oxygen atoms in total. The van der Waals surface area contributed by atoms with Crippen LogP contribution in [0, 0.1) is 11.8 Å². The standard InChI is InChI=1S/C22H43NO5Si/c1-16(24)28-20-14-19(23)18(15-27-29(6,7)22(2,3)4)17(20)12-10-8-9-11-13-21(25)26-5/h17-20H,8-15,23H2,1-7H3/t17-,18-,19?,20+/m1/s1. The zero-order chi connectivity index (χ0) is 22.2. The van der Waals surface area contributed by atoms with Crippen LogP contribution in [0.25, 0.3) is 0 Å². The Morgan fingerprint density at radius 2 is 1.69 bits per heavy atom. The van der Waals surface area contributed by atoms with Crippen LogP contribution in [-0.2, 0) is 23.5 Å². The lowest BCUT2D eigenvalue weighted by Gasteiger charge is -2.38. The number of rotatable bonds is 11. The van der Waals surface area contributed by atoms with E-state index in [0.717, 1.165) is 32.1 Å². The van der Waals surface area contributed by atoms with Crippen molar-refractivity contribution in [1.29, 1.82) is 0 Å². The monoisotopic (exact) mass is 429 g/mol. The molecule has 1 rings (SSSR count). The van der Waals surface area contributed by atoms with E-state index in [1.807, 2.05) is 0 Å². The van der Waals surface area contributed by atoms with Gasteiger partial charge in [-0.1, -0.05) is 40.0 Å². The lowest BCUT2D eigenvalue weighted by Crippen LogP contribution is -2.44. The third-order valence-electron chi connectivity index (χ3n) is 6.74. The summed E-state index contributed by atoms with van der Waals surface area (Å²) < 4.78 is 16.8. The molecule has 1 fully saturated rings. The molecule has 4 atom stereocenters. The maximum atomic E-state index is 11.6. The van der Waals surface area contributed by atoms with E-state index in [2.05, 4.69) is 38.6 Å². The molecule has 7 heteroatoms. The van der Waals surface area contributed by atoms with Gasteiger partial charge in [0.15, 0.2) is 8.32 Å². The molecule has 0 bridgehead atoms. The number of esters is 2. The molecule has 2 N–H and O–H groups in total. The summed E-state index contributed by atoms with van der Waals surface area (Å²) in [6.45, 7) is 13.3. The Balaban J connectivity index is 2.64. The average Bonchev–Trinajstić information content (AvgIpc) is 2.88. The molecule has 1 aliphatic rings. The lowest BCUT2D eigenvalue weighted by atomic mass is 9.88. The number of carbonyl (C=O) groups excluding carboxylic acids is 2. The van der Waals surface area contributed by atoms with Crippen molar-refractivity contribution in [3.05, 3.63) is 0 Å². The second-order valence-corrected chi connectivity index (χ2v) is 14.8. The van der Waals surface area contributed by atoms with Gasteiger partial charge >= 0.3 is 11.9 Å². The van der Waals surface area contributed by atoms with E-state index in [0.29, 0.717) is 19.4 Å². The van der Waals surface area contributed by atoms with Crippen LogP contribution in [0.2, 0.25) is 18.1 Å². The number of hydrogen-bond donors (Lipinski definition) is 1. The first-order valence-electron chi connectivity index (χ1n) is 11.0. The Kier molecular flexibility index (Phi) is 10.3. The highest BCUT2D eigenvalue weighted by Gasteiger charge is 2.45. The first kappa shape index (κ1) is 26.1. The fraction of sp³-hybridized carbons (Fsp3) is 0.909. The molecular formula is C22H43NO5Si. The minimum Gasteiger partial charge on any atom is -0.469 e. The highest BCUT2D eigenvalue weighted by molar-refractivity contribution is 6.74. The fourth-order valence-corrected chi connectivity index (χ4v) is 4.88. The first-order chi connectivity index (χ1) is 13.4. The Labute approximate surface area is 178 Å². The van der Waals surface area contributed by atoms with Crippen molar-refractivity contribution in [3.63, 3.8) is 0 Å². The Hall–Kier alpha value is -0.923. The summed E-state index contributed by atoms with van der Waals surface area (Å²) in [5.41, 5.74) is 6.47. The second kappa shape index (κ2) is 11.5. The molecule has 1 saturated carbocycles. The summed E-state index contributed by atoms with van der Waals surface area (Å²) in [5.74, 6) is 0.0589. The summed E-state index contributed by atoms with van der Waals surface area (Å²) >= 11 is 0. The molecule has 0 heterocycles. The quantitative estimate of drug-likeness (QED) is 0.297. The number of ether oxygens (including phenoxy) is 2. The van der Waals surface area contributed by atoms with Gasteiger partial charge in [0.2, 0.25) is 0 Å². The Morgan fingerprint density at radius 3 is 2.24 bits per heavy atom. The Bertz CT molecular complexity index is 532. The van der Waals surface area contributed by atoms with Gasteiger partial charge in [-0.15, -0.1) is 0 Å². The van der Waals surface area contributed by atoms with Gasteiger partial charge in [-0.3, -0.25) is 9.59 Å². The molecular weight excluding hydrogens is 386 g/mol. The van der Waals surface area contributed by atoms with Gasteiger partial charge in [-0.2, -0.15) is 0 Å². The van der Waals surface area contributed by atoms with E-state index in [-0.39, 0.29) is 41.0 Å². The number of unbranched alkanes of at least 4 members (excludes halogenated alkanes) is 3. The van der Waals surface area contributed by atoms with Crippen LogP contribution < -0.4 is 5.73 Å². The van der Waals surface area contributed by atoms with Crippen molar-refractivity contribution in [2.75, 3.05) is 13.7 Å². The predicted molar refractivity (Wildman–Crippen MR) is 118 cm³/mol. The van der Waals surface area contributed by atoms with Crippen LogP contribution in [0.4, 0.5) is 0 Å². The fourth-order valence-electron chi connectivity index (χ4n) is 3.83. The lowest BCUT2D eigenvalue weighted by molar-refractivity contribution is -0.148. The maximum Gasteiger partial charge on any atom is 0.305 e. The van der Waals surface area contributed by atoms with Crippen molar-refractivity contribution in [1.82, 2.24) is 0 Å². The molecule has 0 aromatic rings. The normalized spacial score (nSPS) is 25.1. The molecule has 0 aromatic carbocycles. The van der Waals surface area contributed by atoms with Crippen molar-refractivity contribution in [3.8, 4) is 0 Å². The van der Waals surface area contributed by atoms with Gasteiger partial charge in [0.05, 0.1) is 7.11 Å². The van der Waals surface area contributed by atoms with Crippen molar-refractivity contribution >= 4 is 20.3 Å². The van der Waals surface area contributed by atoms with Gasteiger partial charge in [-0.25, -0.2) is 0 Å².